The Kier molecular flexibility index (Phi) is 6.51. The molecule has 2 heterocycles. The summed E-state index contributed by atoms with van der Waals surface area (Å²) in [4.78, 5) is 38.8. The van der Waals surface area contributed by atoms with E-state index in [1.807, 2.05) is 0 Å². The normalized spacial score (nSPS) is 14.5. The Balaban J connectivity index is 1.54. The van der Waals surface area contributed by atoms with Crippen molar-refractivity contribution in [3.63, 3.8) is 0 Å². The molecule has 1 saturated carbocycles. The number of ether oxygens (including phenoxy) is 1. The maximum Gasteiger partial charge on any atom is 0.349 e. The highest BCUT2D eigenvalue weighted by atomic mass is 32.1. The van der Waals surface area contributed by atoms with Crippen molar-refractivity contribution in [2.24, 2.45) is 0 Å². The molecule has 2 aromatic rings. The maximum atomic E-state index is 12.4. The average molecular weight is 404 g/mol. The summed E-state index contributed by atoms with van der Waals surface area (Å²) in [5, 5.41) is 3.20. The van der Waals surface area contributed by atoms with E-state index in [0.29, 0.717) is 15.4 Å². The summed E-state index contributed by atoms with van der Waals surface area (Å²) in [6, 6.07) is 5.10. The lowest BCUT2D eigenvalue weighted by Crippen LogP contribution is -2.40. The van der Waals surface area contributed by atoms with Crippen molar-refractivity contribution in [3.8, 4) is 0 Å². The molecule has 2 aromatic heterocycles. The number of hydrogen-bond acceptors (Lipinski definition) is 6. The number of nitrogens with zero attached hydrogens (tertiary/aromatic N) is 1. The standard InChI is InChI=1S/C20H24N2O5S/c1-13-11-16(21-19(24)15-9-6-10-26-15)28-18(13)20(25)27-12-17(23)22(2)14-7-4-3-5-8-14/h6,9-11,14H,3-5,7-8,12H2,1-2H3,(H,21,24). The first-order chi connectivity index (χ1) is 13.5. The fourth-order valence-corrected chi connectivity index (χ4v) is 4.26. The van der Waals surface area contributed by atoms with Crippen molar-refractivity contribution in [1.82, 2.24) is 4.90 Å². The van der Waals surface area contributed by atoms with Gasteiger partial charge in [-0.25, -0.2) is 4.79 Å². The van der Waals surface area contributed by atoms with E-state index < -0.39 is 11.9 Å². The van der Waals surface area contributed by atoms with Crippen LogP contribution in [-0.2, 0) is 9.53 Å². The van der Waals surface area contributed by atoms with E-state index in [4.69, 9.17) is 9.15 Å². The Morgan fingerprint density at radius 3 is 2.71 bits per heavy atom. The van der Waals surface area contributed by atoms with Gasteiger partial charge in [0.15, 0.2) is 12.4 Å². The van der Waals surface area contributed by atoms with Crippen LogP contribution in [-0.4, -0.2) is 42.4 Å². The van der Waals surface area contributed by atoms with Crippen LogP contribution >= 0.6 is 11.3 Å². The van der Waals surface area contributed by atoms with Crippen LogP contribution in [0.3, 0.4) is 0 Å². The highest BCUT2D eigenvalue weighted by Crippen LogP contribution is 2.28. The van der Waals surface area contributed by atoms with E-state index in [1.54, 1.807) is 37.1 Å². The zero-order chi connectivity index (χ0) is 20.1. The lowest BCUT2D eigenvalue weighted by Gasteiger charge is -2.31. The van der Waals surface area contributed by atoms with Gasteiger partial charge in [-0.05, 0) is 43.5 Å². The van der Waals surface area contributed by atoms with Crippen LogP contribution in [0.1, 0.15) is 57.9 Å². The van der Waals surface area contributed by atoms with Crippen LogP contribution in [0.25, 0.3) is 0 Å². The number of hydrogen-bond donors (Lipinski definition) is 1. The molecular formula is C20H24N2O5S. The lowest BCUT2D eigenvalue weighted by atomic mass is 9.94. The number of esters is 1. The molecule has 0 radical (unpaired) electrons. The first-order valence-electron chi connectivity index (χ1n) is 9.34. The third-order valence-corrected chi connectivity index (χ3v) is 6.06. The Hall–Kier alpha value is -2.61. The minimum atomic E-state index is -0.564. The molecule has 150 valence electrons. The largest absolute Gasteiger partial charge is 0.459 e. The second kappa shape index (κ2) is 9.05. The average Bonchev–Trinajstić information content (AvgIpc) is 3.36. The van der Waals surface area contributed by atoms with E-state index in [-0.39, 0.29) is 24.3 Å². The number of carbonyl (C=O) groups excluding carboxylic acids is 3. The lowest BCUT2D eigenvalue weighted by molar-refractivity contribution is -0.135. The van der Waals surface area contributed by atoms with Crippen molar-refractivity contribution in [1.29, 1.82) is 0 Å². The van der Waals surface area contributed by atoms with Crippen LogP contribution in [0.2, 0.25) is 0 Å². The van der Waals surface area contributed by atoms with Gasteiger partial charge in [-0.2, -0.15) is 0 Å². The summed E-state index contributed by atoms with van der Waals surface area (Å²) < 4.78 is 10.3. The van der Waals surface area contributed by atoms with Gasteiger partial charge in [0.2, 0.25) is 0 Å². The summed E-state index contributed by atoms with van der Waals surface area (Å²) in [5.74, 6) is -0.964. The number of amides is 2. The first-order valence-corrected chi connectivity index (χ1v) is 10.2. The molecule has 0 unspecified atom stereocenters. The van der Waals surface area contributed by atoms with Gasteiger partial charge >= 0.3 is 5.97 Å². The number of anilines is 1. The van der Waals surface area contributed by atoms with E-state index in [0.717, 1.165) is 37.0 Å². The molecule has 0 saturated heterocycles. The fourth-order valence-electron chi connectivity index (χ4n) is 3.29. The van der Waals surface area contributed by atoms with Gasteiger partial charge in [-0.15, -0.1) is 11.3 Å². The van der Waals surface area contributed by atoms with Crippen LogP contribution in [0, 0.1) is 6.92 Å². The van der Waals surface area contributed by atoms with Crippen molar-refractivity contribution < 1.29 is 23.5 Å². The molecular weight excluding hydrogens is 380 g/mol. The fraction of sp³-hybridized carbons (Fsp3) is 0.450. The molecule has 0 bridgehead atoms. The SMILES string of the molecule is Cc1cc(NC(=O)c2ccco2)sc1C(=O)OCC(=O)N(C)C1CCCCC1. The quantitative estimate of drug-likeness (QED) is 0.739. The van der Waals surface area contributed by atoms with Crippen molar-refractivity contribution >= 4 is 34.1 Å². The Bertz CT molecular complexity index is 837. The number of rotatable bonds is 6. The van der Waals surface area contributed by atoms with Crippen molar-refractivity contribution in [2.45, 2.75) is 45.1 Å². The number of carbonyl (C=O) groups is 3. The predicted octanol–water partition coefficient (Wildman–Crippen LogP) is 3.85. The van der Waals surface area contributed by atoms with Gasteiger partial charge in [-0.3, -0.25) is 9.59 Å². The van der Waals surface area contributed by atoms with E-state index in [1.165, 1.54) is 12.7 Å². The smallest absolute Gasteiger partial charge is 0.349 e. The summed E-state index contributed by atoms with van der Waals surface area (Å²) in [5.41, 5.74) is 0.679. The molecule has 7 nitrogen and oxygen atoms in total. The molecule has 0 aliphatic heterocycles. The molecule has 28 heavy (non-hydrogen) atoms. The second-order valence-corrected chi connectivity index (χ2v) is 7.98. The van der Waals surface area contributed by atoms with Crippen LogP contribution in [0.4, 0.5) is 5.00 Å². The molecule has 1 fully saturated rings. The number of likely N-dealkylation sites (N-methyl/N-ethyl adjacent to an activating group) is 1. The van der Waals surface area contributed by atoms with Gasteiger partial charge in [0.1, 0.15) is 4.88 Å². The summed E-state index contributed by atoms with van der Waals surface area (Å²) in [6.45, 7) is 1.48. The Morgan fingerprint density at radius 2 is 2.04 bits per heavy atom. The molecule has 1 N–H and O–H groups in total. The molecule has 1 aliphatic rings. The monoisotopic (exact) mass is 404 g/mol. The van der Waals surface area contributed by atoms with Crippen LogP contribution in [0.5, 0.6) is 0 Å². The van der Waals surface area contributed by atoms with E-state index in [9.17, 15) is 14.4 Å². The van der Waals surface area contributed by atoms with Gasteiger partial charge < -0.3 is 19.4 Å². The number of nitrogens with one attached hydrogen (secondary N) is 1. The third kappa shape index (κ3) is 4.81. The van der Waals surface area contributed by atoms with Gasteiger partial charge in [0.25, 0.3) is 11.8 Å². The molecule has 8 heteroatoms. The summed E-state index contributed by atoms with van der Waals surface area (Å²) >= 11 is 1.11. The van der Waals surface area contributed by atoms with E-state index >= 15 is 0 Å². The molecule has 0 spiro atoms. The summed E-state index contributed by atoms with van der Waals surface area (Å²) in [7, 11) is 1.77. The highest BCUT2D eigenvalue weighted by molar-refractivity contribution is 7.18. The molecule has 0 atom stereocenters. The molecule has 1 aliphatic carbocycles. The van der Waals surface area contributed by atoms with Crippen molar-refractivity contribution in [2.75, 3.05) is 19.0 Å². The first kappa shape index (κ1) is 20.1. The topological polar surface area (TPSA) is 88.9 Å². The zero-order valence-corrected chi connectivity index (χ0v) is 16.8. The highest BCUT2D eigenvalue weighted by Gasteiger charge is 2.24. The van der Waals surface area contributed by atoms with Crippen LogP contribution < -0.4 is 5.32 Å². The van der Waals surface area contributed by atoms with Gasteiger partial charge in [0, 0.05) is 13.1 Å². The second-order valence-electron chi connectivity index (χ2n) is 6.93. The van der Waals surface area contributed by atoms with Gasteiger partial charge in [0.05, 0.1) is 11.3 Å². The number of thiophene rings is 1. The Labute approximate surface area is 167 Å². The van der Waals surface area contributed by atoms with Gasteiger partial charge in [-0.1, -0.05) is 19.3 Å². The number of furan rings is 1. The third-order valence-electron chi connectivity index (χ3n) is 4.93. The van der Waals surface area contributed by atoms with Crippen molar-refractivity contribution in [3.05, 3.63) is 40.7 Å². The molecule has 0 aromatic carbocycles. The van der Waals surface area contributed by atoms with Crippen LogP contribution in [0.15, 0.2) is 28.9 Å². The minimum Gasteiger partial charge on any atom is -0.459 e. The maximum absolute atomic E-state index is 12.4. The minimum absolute atomic E-state index is 0.187. The molecule has 2 amide bonds. The Morgan fingerprint density at radius 1 is 1.29 bits per heavy atom. The molecule has 3 rings (SSSR count). The summed E-state index contributed by atoms with van der Waals surface area (Å²) in [6.07, 6.45) is 6.88. The number of aryl methyl sites for hydroxylation is 1. The predicted molar refractivity (Wildman–Crippen MR) is 106 cm³/mol. The zero-order valence-electron chi connectivity index (χ0n) is 16.0. The van der Waals surface area contributed by atoms with E-state index in [2.05, 4.69) is 5.32 Å².